The summed E-state index contributed by atoms with van der Waals surface area (Å²) in [6.07, 6.45) is 10.2. The van der Waals surface area contributed by atoms with E-state index in [2.05, 4.69) is 36.2 Å². The number of hydrogen-bond donors (Lipinski definition) is 3. The Bertz CT molecular complexity index is 1660. The molecule has 2 aliphatic carbocycles. The number of pyridine rings is 1. The Labute approximate surface area is 229 Å². The van der Waals surface area contributed by atoms with E-state index >= 15 is 0 Å². The Morgan fingerprint density at radius 1 is 1.07 bits per heavy atom. The highest BCUT2D eigenvalue weighted by Crippen LogP contribution is 2.32. The van der Waals surface area contributed by atoms with Gasteiger partial charge in [0.1, 0.15) is 10.7 Å². The second-order valence-corrected chi connectivity index (χ2v) is 12.4. The monoisotopic (exact) mass is 568 g/mol. The lowest BCUT2D eigenvalue weighted by Gasteiger charge is -2.29. The van der Waals surface area contributed by atoms with Crippen LogP contribution in [0.1, 0.15) is 54.8 Å². The van der Waals surface area contributed by atoms with E-state index in [1.807, 2.05) is 6.07 Å². The first-order valence-electron chi connectivity index (χ1n) is 13.2. The highest BCUT2D eigenvalue weighted by molar-refractivity contribution is 7.91. The van der Waals surface area contributed by atoms with E-state index in [1.165, 1.54) is 29.2 Å². The zero-order valence-corrected chi connectivity index (χ0v) is 22.6. The Morgan fingerprint density at radius 3 is 2.52 bits per heavy atom. The lowest BCUT2D eigenvalue weighted by atomic mass is 9.87. The minimum absolute atomic E-state index is 0.0125. The molecule has 0 aromatic carbocycles. The van der Waals surface area contributed by atoms with Gasteiger partial charge in [-0.25, -0.2) is 22.3 Å². The van der Waals surface area contributed by atoms with Crippen LogP contribution in [0.2, 0.25) is 0 Å². The molecule has 210 valence electrons. The molecular formula is C26H29FN8O4S. The number of nitrogens with zero attached hydrogens (tertiary/aromatic N) is 5. The fourth-order valence-corrected chi connectivity index (χ4v) is 6.89. The summed E-state index contributed by atoms with van der Waals surface area (Å²) in [6, 6.07) is 3.69. The third kappa shape index (κ3) is 5.48. The van der Waals surface area contributed by atoms with Crippen molar-refractivity contribution in [3.05, 3.63) is 54.2 Å². The molecule has 0 aliphatic heterocycles. The average molecular weight is 569 g/mol. The summed E-state index contributed by atoms with van der Waals surface area (Å²) in [7, 11) is -3.46. The molecule has 6 rings (SSSR count). The molecule has 1 amide bonds. The Hall–Kier alpha value is -4.07. The van der Waals surface area contributed by atoms with E-state index in [4.69, 9.17) is 4.52 Å². The van der Waals surface area contributed by atoms with Gasteiger partial charge in [0, 0.05) is 24.3 Å². The van der Waals surface area contributed by atoms with Crippen LogP contribution >= 0.6 is 0 Å². The van der Waals surface area contributed by atoms with Gasteiger partial charge in [-0.1, -0.05) is 5.16 Å². The number of rotatable bonds is 9. The van der Waals surface area contributed by atoms with Crippen LogP contribution in [0, 0.1) is 18.7 Å². The number of nitrogens with one attached hydrogen (secondary N) is 3. The first-order chi connectivity index (χ1) is 19.3. The molecule has 4 aromatic rings. The quantitative estimate of drug-likeness (QED) is 0.271. The molecule has 4 heterocycles. The van der Waals surface area contributed by atoms with E-state index < -0.39 is 21.6 Å². The molecule has 40 heavy (non-hydrogen) atoms. The van der Waals surface area contributed by atoms with Crippen molar-refractivity contribution in [1.29, 1.82) is 0 Å². The highest BCUT2D eigenvalue weighted by atomic mass is 32.2. The topological polar surface area (TPSA) is 156 Å². The van der Waals surface area contributed by atoms with Crippen LogP contribution in [-0.4, -0.2) is 56.9 Å². The van der Waals surface area contributed by atoms with Crippen molar-refractivity contribution in [1.82, 2.24) is 24.7 Å². The molecule has 0 atom stereocenters. The number of imidazole rings is 1. The second-order valence-electron chi connectivity index (χ2n) is 10.4. The molecule has 2 aliphatic rings. The van der Waals surface area contributed by atoms with Gasteiger partial charge in [0.25, 0.3) is 5.91 Å². The van der Waals surface area contributed by atoms with E-state index in [0.717, 1.165) is 50.4 Å². The van der Waals surface area contributed by atoms with Crippen molar-refractivity contribution in [2.24, 2.45) is 5.92 Å². The van der Waals surface area contributed by atoms with Crippen LogP contribution in [0.5, 0.6) is 0 Å². The predicted octanol–water partition coefficient (Wildman–Crippen LogP) is 3.83. The number of aryl methyl sites for hydroxylation is 1. The third-order valence-corrected chi connectivity index (χ3v) is 9.33. The fraction of sp³-hybridized carbons (Fsp3) is 0.423. The lowest BCUT2D eigenvalue weighted by Crippen LogP contribution is -2.30. The molecular weight excluding hydrogens is 539 g/mol. The summed E-state index contributed by atoms with van der Waals surface area (Å²) in [4.78, 5) is 21.3. The summed E-state index contributed by atoms with van der Waals surface area (Å²) in [5.74, 6) is -0.217. The van der Waals surface area contributed by atoms with Crippen LogP contribution in [0.15, 0.2) is 46.3 Å². The zero-order chi connectivity index (χ0) is 27.9. The molecule has 0 spiro atoms. The number of aromatic nitrogens is 5. The van der Waals surface area contributed by atoms with Crippen molar-refractivity contribution < 1.29 is 22.1 Å². The lowest BCUT2D eigenvalue weighted by molar-refractivity contribution is 0.102. The number of anilines is 3. The molecule has 2 saturated carbocycles. The number of amides is 1. The second kappa shape index (κ2) is 10.5. The smallest absolute Gasteiger partial charge is 0.276 e. The molecule has 3 N–H and O–H groups in total. The van der Waals surface area contributed by atoms with Gasteiger partial charge in [-0.2, -0.15) is 0 Å². The first-order valence-corrected chi connectivity index (χ1v) is 14.9. The fourth-order valence-electron chi connectivity index (χ4n) is 5.08. The Kier molecular flexibility index (Phi) is 6.86. The van der Waals surface area contributed by atoms with Crippen molar-refractivity contribution in [2.75, 3.05) is 21.7 Å². The number of fused-ring (bicyclic) bond motifs is 1. The van der Waals surface area contributed by atoms with Crippen molar-refractivity contribution in [2.45, 2.75) is 62.4 Å². The summed E-state index contributed by atoms with van der Waals surface area (Å²) in [5.41, 5.74) is 1.42. The van der Waals surface area contributed by atoms with Gasteiger partial charge in [0.15, 0.2) is 32.8 Å². The van der Waals surface area contributed by atoms with Crippen molar-refractivity contribution in [3.8, 4) is 0 Å². The predicted molar refractivity (Wildman–Crippen MR) is 144 cm³/mol. The minimum atomic E-state index is -3.46. The number of carbonyl (C=O) groups is 1. The van der Waals surface area contributed by atoms with Gasteiger partial charge >= 0.3 is 0 Å². The largest absolute Gasteiger partial charge is 0.379 e. The summed E-state index contributed by atoms with van der Waals surface area (Å²) in [5, 5.41) is 17.7. The number of carbonyl (C=O) groups excluding carboxylic acids is 1. The van der Waals surface area contributed by atoms with Gasteiger partial charge in [0.05, 0.1) is 35.7 Å². The Balaban J connectivity index is 1.18. The third-order valence-electron chi connectivity index (χ3n) is 7.35. The molecule has 0 saturated heterocycles. The van der Waals surface area contributed by atoms with Crippen LogP contribution in [0.3, 0.4) is 0 Å². The highest BCUT2D eigenvalue weighted by Gasteiger charge is 2.30. The van der Waals surface area contributed by atoms with Crippen molar-refractivity contribution >= 4 is 38.6 Å². The van der Waals surface area contributed by atoms with Gasteiger partial charge in [0.2, 0.25) is 0 Å². The summed E-state index contributed by atoms with van der Waals surface area (Å²) < 4.78 is 46.1. The zero-order valence-electron chi connectivity index (χ0n) is 21.8. The van der Waals surface area contributed by atoms with Crippen LogP contribution in [0.25, 0.3) is 5.65 Å². The molecule has 14 heteroatoms. The van der Waals surface area contributed by atoms with E-state index in [9.17, 15) is 17.6 Å². The molecule has 0 radical (unpaired) electrons. The number of sulfone groups is 1. The minimum Gasteiger partial charge on any atom is -0.379 e. The van der Waals surface area contributed by atoms with Crippen LogP contribution in [0.4, 0.5) is 21.6 Å². The maximum atomic E-state index is 14.1. The van der Waals surface area contributed by atoms with Gasteiger partial charge < -0.3 is 20.5 Å². The molecule has 12 nitrogen and oxygen atoms in total. The standard InChI is InChI=1S/C26H29FN8O4S/c1-15-23(13-30-39-15)40(37,38)14-16-2-4-18(5-3-16)32-24-10-21(31-17-6-7-17)25-29-12-22(35(25)34-24)26(36)33-20-8-9-28-11-19(20)27/h8-13,16-18,31H,2-7,14H2,1H3,(H,32,34)(H,28,33,36). The van der Waals surface area contributed by atoms with E-state index in [0.29, 0.717) is 23.3 Å². The Morgan fingerprint density at radius 2 is 1.82 bits per heavy atom. The summed E-state index contributed by atoms with van der Waals surface area (Å²) >= 11 is 0. The normalized spacial score (nSPS) is 19.4. The van der Waals surface area contributed by atoms with Gasteiger partial charge in [-0.05, 0) is 57.4 Å². The first kappa shape index (κ1) is 26.2. The molecule has 4 aromatic heterocycles. The molecule has 2 fully saturated rings. The maximum Gasteiger partial charge on any atom is 0.276 e. The molecule has 0 bridgehead atoms. The number of halogens is 1. The van der Waals surface area contributed by atoms with Crippen LogP contribution < -0.4 is 16.0 Å². The summed E-state index contributed by atoms with van der Waals surface area (Å²) in [6.45, 7) is 1.60. The van der Waals surface area contributed by atoms with Crippen LogP contribution in [-0.2, 0) is 9.84 Å². The average Bonchev–Trinajstić information content (AvgIpc) is 3.44. The number of hydrogen-bond acceptors (Lipinski definition) is 10. The van der Waals surface area contributed by atoms with E-state index in [-0.39, 0.29) is 34.0 Å². The maximum absolute atomic E-state index is 14.1. The van der Waals surface area contributed by atoms with E-state index in [1.54, 1.807) is 6.92 Å². The van der Waals surface area contributed by atoms with Gasteiger partial charge in [-0.3, -0.25) is 9.78 Å². The van der Waals surface area contributed by atoms with Gasteiger partial charge in [-0.15, -0.1) is 5.10 Å². The SMILES string of the molecule is Cc1oncc1S(=O)(=O)CC1CCC(Nc2cc(NC3CC3)c3ncc(C(=O)Nc4ccncc4F)n3n2)CC1. The molecule has 0 unspecified atom stereocenters. The van der Waals surface area contributed by atoms with Crippen molar-refractivity contribution in [3.63, 3.8) is 0 Å².